The fraction of sp³-hybridized carbons (Fsp3) is 0.333. The molecule has 1 aromatic carbocycles. The molecule has 0 spiro atoms. The molecule has 1 aromatic heterocycles. The molecule has 1 fully saturated rings. The molecular formula is C18H18ClN3OS. The van der Waals surface area contributed by atoms with Crippen LogP contribution in [0.5, 0.6) is 5.75 Å². The molecule has 0 unspecified atom stereocenters. The number of fused-ring (bicyclic) bond motifs is 1. The van der Waals surface area contributed by atoms with Crippen molar-refractivity contribution >= 4 is 28.5 Å². The lowest BCUT2D eigenvalue weighted by Crippen LogP contribution is -2.28. The standard InChI is InChI=1S/C18H18ClN3OS/c1-11-10-22-17(13-9-12(19)6-7-15(13)23-2)16(21-18(22)24-11)14-5-3-4-8-20-14/h3-9,11,16-17H,10H2,1-2H3/t11-,16+,17+/m0/s1. The highest BCUT2D eigenvalue weighted by atomic mass is 35.5. The number of ether oxygens (including phenoxy) is 1. The normalized spacial score (nSPS) is 25.5. The Morgan fingerprint density at radius 1 is 1.29 bits per heavy atom. The minimum Gasteiger partial charge on any atom is -0.496 e. The highest BCUT2D eigenvalue weighted by molar-refractivity contribution is 8.14. The Hall–Kier alpha value is -1.72. The Kier molecular flexibility index (Phi) is 4.14. The van der Waals surface area contributed by atoms with E-state index < -0.39 is 0 Å². The molecule has 124 valence electrons. The molecule has 3 heterocycles. The number of nitrogens with zero attached hydrogens (tertiary/aromatic N) is 3. The van der Waals surface area contributed by atoms with Crippen LogP contribution in [0.1, 0.15) is 30.3 Å². The minimum absolute atomic E-state index is 0.0476. The third kappa shape index (κ3) is 2.66. The van der Waals surface area contributed by atoms with Gasteiger partial charge in [-0.3, -0.25) is 9.98 Å². The average molecular weight is 360 g/mol. The van der Waals surface area contributed by atoms with Crippen LogP contribution in [0.3, 0.4) is 0 Å². The Labute approximate surface area is 150 Å². The summed E-state index contributed by atoms with van der Waals surface area (Å²) in [6.45, 7) is 3.20. The van der Waals surface area contributed by atoms with Crippen LogP contribution in [-0.4, -0.2) is 34.0 Å². The maximum Gasteiger partial charge on any atom is 0.160 e. The van der Waals surface area contributed by atoms with Crippen LogP contribution in [0.25, 0.3) is 0 Å². The zero-order valence-electron chi connectivity index (χ0n) is 13.5. The first-order valence-electron chi connectivity index (χ1n) is 7.93. The molecule has 4 rings (SSSR count). The maximum absolute atomic E-state index is 6.29. The highest BCUT2D eigenvalue weighted by Gasteiger charge is 2.44. The van der Waals surface area contributed by atoms with Crippen molar-refractivity contribution in [2.75, 3.05) is 13.7 Å². The average Bonchev–Trinajstić information content (AvgIpc) is 3.11. The molecule has 0 amide bonds. The van der Waals surface area contributed by atoms with Gasteiger partial charge in [0.1, 0.15) is 11.8 Å². The summed E-state index contributed by atoms with van der Waals surface area (Å²) in [5.74, 6) is 0.839. The fourth-order valence-corrected chi connectivity index (χ4v) is 4.66. The van der Waals surface area contributed by atoms with Crippen molar-refractivity contribution in [2.24, 2.45) is 4.99 Å². The summed E-state index contributed by atoms with van der Waals surface area (Å²) in [7, 11) is 1.70. The Balaban J connectivity index is 1.83. The fourth-order valence-electron chi connectivity index (χ4n) is 3.39. The molecule has 2 aliphatic heterocycles. The maximum atomic E-state index is 6.29. The van der Waals surface area contributed by atoms with Gasteiger partial charge in [0.25, 0.3) is 0 Å². The van der Waals surface area contributed by atoms with Crippen molar-refractivity contribution < 1.29 is 4.74 Å². The summed E-state index contributed by atoms with van der Waals surface area (Å²) in [5, 5.41) is 2.32. The van der Waals surface area contributed by atoms with Crippen LogP contribution >= 0.6 is 23.4 Å². The van der Waals surface area contributed by atoms with Gasteiger partial charge in [0.05, 0.1) is 18.8 Å². The molecule has 0 saturated carbocycles. The number of benzene rings is 1. The SMILES string of the molecule is COc1ccc(Cl)cc1[C@@H]1[C@@H](c2ccccn2)N=C2S[C@@H](C)CN21. The summed E-state index contributed by atoms with van der Waals surface area (Å²) in [4.78, 5) is 11.9. The second-order valence-electron chi connectivity index (χ2n) is 6.02. The molecule has 2 aliphatic rings. The molecule has 6 heteroatoms. The smallest absolute Gasteiger partial charge is 0.160 e. The van der Waals surface area contributed by atoms with Crippen LogP contribution in [0.4, 0.5) is 0 Å². The van der Waals surface area contributed by atoms with E-state index in [1.165, 1.54) is 0 Å². The largest absolute Gasteiger partial charge is 0.496 e. The number of amidine groups is 1. The Morgan fingerprint density at radius 2 is 2.17 bits per heavy atom. The number of hydrogen-bond donors (Lipinski definition) is 0. The molecule has 0 aliphatic carbocycles. The number of thioether (sulfide) groups is 1. The third-order valence-electron chi connectivity index (χ3n) is 4.39. The first-order valence-corrected chi connectivity index (χ1v) is 9.18. The lowest BCUT2D eigenvalue weighted by Gasteiger charge is -2.28. The van der Waals surface area contributed by atoms with E-state index in [1.54, 1.807) is 7.11 Å². The molecule has 24 heavy (non-hydrogen) atoms. The van der Waals surface area contributed by atoms with Gasteiger partial charge in [0.2, 0.25) is 0 Å². The summed E-state index contributed by atoms with van der Waals surface area (Å²) in [5.41, 5.74) is 2.04. The van der Waals surface area contributed by atoms with E-state index >= 15 is 0 Å². The van der Waals surface area contributed by atoms with Crippen LogP contribution in [-0.2, 0) is 0 Å². The van der Waals surface area contributed by atoms with Crippen molar-refractivity contribution in [2.45, 2.75) is 24.3 Å². The van der Waals surface area contributed by atoms with Gasteiger partial charge >= 0.3 is 0 Å². The molecular weight excluding hydrogens is 342 g/mol. The number of rotatable bonds is 3. The predicted molar refractivity (Wildman–Crippen MR) is 98.9 cm³/mol. The number of pyridine rings is 1. The second-order valence-corrected chi connectivity index (χ2v) is 7.87. The minimum atomic E-state index is -0.0476. The summed E-state index contributed by atoms with van der Waals surface area (Å²) in [6.07, 6.45) is 1.82. The third-order valence-corrected chi connectivity index (χ3v) is 5.73. The Morgan fingerprint density at radius 3 is 2.92 bits per heavy atom. The van der Waals surface area contributed by atoms with E-state index in [2.05, 4.69) is 16.8 Å². The highest BCUT2D eigenvalue weighted by Crippen LogP contribution is 2.49. The van der Waals surface area contributed by atoms with E-state index in [0.29, 0.717) is 10.3 Å². The summed E-state index contributed by atoms with van der Waals surface area (Å²) >= 11 is 8.11. The lowest BCUT2D eigenvalue weighted by molar-refractivity contribution is 0.307. The first kappa shape index (κ1) is 15.8. The first-order chi connectivity index (χ1) is 11.7. The van der Waals surface area contributed by atoms with E-state index in [9.17, 15) is 0 Å². The van der Waals surface area contributed by atoms with E-state index in [-0.39, 0.29) is 12.1 Å². The molecule has 1 saturated heterocycles. The number of aliphatic imine (C=N–C) groups is 1. The van der Waals surface area contributed by atoms with Crippen LogP contribution < -0.4 is 4.74 Å². The number of hydrogen-bond acceptors (Lipinski definition) is 5. The van der Waals surface area contributed by atoms with Gasteiger partial charge < -0.3 is 9.64 Å². The van der Waals surface area contributed by atoms with Crippen molar-refractivity contribution in [1.29, 1.82) is 0 Å². The van der Waals surface area contributed by atoms with Gasteiger partial charge in [-0.05, 0) is 30.3 Å². The van der Waals surface area contributed by atoms with Gasteiger partial charge in [0.15, 0.2) is 5.17 Å². The topological polar surface area (TPSA) is 37.7 Å². The summed E-state index contributed by atoms with van der Waals surface area (Å²) < 4.78 is 5.61. The van der Waals surface area contributed by atoms with Gasteiger partial charge in [-0.15, -0.1) is 0 Å². The zero-order valence-corrected chi connectivity index (χ0v) is 15.1. The van der Waals surface area contributed by atoms with E-state index in [4.69, 9.17) is 21.3 Å². The van der Waals surface area contributed by atoms with Crippen molar-refractivity contribution in [1.82, 2.24) is 9.88 Å². The summed E-state index contributed by atoms with van der Waals surface area (Å²) in [6, 6.07) is 11.8. The second kappa shape index (κ2) is 6.30. The monoisotopic (exact) mass is 359 g/mol. The van der Waals surface area contributed by atoms with Crippen LogP contribution in [0, 0.1) is 0 Å². The van der Waals surface area contributed by atoms with Crippen LogP contribution in [0.2, 0.25) is 5.02 Å². The molecule has 0 radical (unpaired) electrons. The van der Waals surface area contributed by atoms with Gasteiger partial charge in [-0.2, -0.15) is 0 Å². The molecule has 3 atom stereocenters. The van der Waals surface area contributed by atoms with E-state index in [0.717, 1.165) is 28.7 Å². The number of halogens is 1. The predicted octanol–water partition coefficient (Wildman–Crippen LogP) is 4.33. The molecule has 0 N–H and O–H groups in total. The van der Waals surface area contributed by atoms with Gasteiger partial charge in [-0.1, -0.05) is 36.4 Å². The van der Waals surface area contributed by atoms with Crippen molar-refractivity contribution in [3.63, 3.8) is 0 Å². The number of aromatic nitrogens is 1. The Bertz CT molecular complexity index is 783. The van der Waals surface area contributed by atoms with Crippen molar-refractivity contribution in [3.05, 3.63) is 58.9 Å². The van der Waals surface area contributed by atoms with Crippen molar-refractivity contribution in [3.8, 4) is 5.75 Å². The number of methoxy groups -OCH3 is 1. The van der Waals surface area contributed by atoms with Crippen LogP contribution in [0.15, 0.2) is 47.6 Å². The molecule has 0 bridgehead atoms. The van der Waals surface area contributed by atoms with Gasteiger partial charge in [-0.25, -0.2) is 0 Å². The van der Waals surface area contributed by atoms with Gasteiger partial charge in [0, 0.05) is 28.6 Å². The quantitative estimate of drug-likeness (QED) is 0.817. The zero-order chi connectivity index (χ0) is 16.7. The molecule has 4 nitrogen and oxygen atoms in total. The van der Waals surface area contributed by atoms with E-state index in [1.807, 2.05) is 54.4 Å². The lowest BCUT2D eigenvalue weighted by atomic mass is 9.95. The molecule has 2 aromatic rings.